The van der Waals surface area contributed by atoms with Crippen LogP contribution in [0, 0.1) is 0 Å². The van der Waals surface area contributed by atoms with Gasteiger partial charge in [-0.05, 0) is 67.6 Å². The number of sulfonamides is 1. The fraction of sp³-hybridized carbons (Fsp3) is 0.357. The maximum absolute atomic E-state index is 13.3. The molecule has 0 saturated heterocycles. The molecule has 3 heterocycles. The van der Waals surface area contributed by atoms with Crippen molar-refractivity contribution in [2.45, 2.75) is 50.7 Å². The van der Waals surface area contributed by atoms with E-state index in [0.717, 1.165) is 35.5 Å². The summed E-state index contributed by atoms with van der Waals surface area (Å²) in [7, 11) is -2.11. The van der Waals surface area contributed by atoms with Crippen LogP contribution in [-0.4, -0.2) is 55.6 Å². The Kier molecular flexibility index (Phi) is 7.41. The average Bonchev–Trinajstić information content (AvgIpc) is 3.29. The number of nitrogens with zero attached hydrogens (tertiary/aromatic N) is 2. The number of carbonyl (C=O) groups is 2. The van der Waals surface area contributed by atoms with Crippen molar-refractivity contribution in [2.75, 3.05) is 25.5 Å². The van der Waals surface area contributed by atoms with Crippen LogP contribution in [0.15, 0.2) is 53.4 Å². The van der Waals surface area contributed by atoms with Crippen LogP contribution in [0.2, 0.25) is 0 Å². The summed E-state index contributed by atoms with van der Waals surface area (Å²) < 4.78 is 28.1. The molecule has 0 atom stereocenters. The Morgan fingerprint density at radius 3 is 2.32 bits per heavy atom. The van der Waals surface area contributed by atoms with Gasteiger partial charge in [0.15, 0.2) is 0 Å². The van der Waals surface area contributed by atoms with E-state index in [1.165, 1.54) is 45.5 Å². The minimum absolute atomic E-state index is 0.153. The summed E-state index contributed by atoms with van der Waals surface area (Å²) >= 11 is 1.43. The van der Waals surface area contributed by atoms with Gasteiger partial charge in [0.1, 0.15) is 5.00 Å². The van der Waals surface area contributed by atoms with E-state index in [1.54, 1.807) is 7.05 Å². The topological polar surface area (TPSA) is 98.8 Å². The molecule has 0 saturated carbocycles. The molecule has 0 unspecified atom stereocenters. The second-order valence-corrected chi connectivity index (χ2v) is 13.0. The van der Waals surface area contributed by atoms with Gasteiger partial charge < -0.3 is 10.6 Å². The molecule has 38 heavy (non-hydrogen) atoms. The molecule has 0 spiro atoms. The Hall–Kier alpha value is -3.05. The van der Waals surface area contributed by atoms with Gasteiger partial charge >= 0.3 is 0 Å². The monoisotopic (exact) mass is 552 g/mol. The van der Waals surface area contributed by atoms with Gasteiger partial charge in [0.2, 0.25) is 10.0 Å². The zero-order valence-electron chi connectivity index (χ0n) is 21.8. The highest BCUT2D eigenvalue weighted by Gasteiger charge is 2.30. The first kappa shape index (κ1) is 26.6. The molecule has 200 valence electrons. The lowest BCUT2D eigenvalue weighted by Crippen LogP contribution is -2.36. The third-order valence-corrected chi connectivity index (χ3v) is 10.3. The van der Waals surface area contributed by atoms with E-state index in [-0.39, 0.29) is 16.7 Å². The highest BCUT2D eigenvalue weighted by molar-refractivity contribution is 7.89. The molecule has 10 heteroatoms. The molecule has 2 N–H and O–H groups in total. The molecule has 0 radical (unpaired) electrons. The minimum Gasteiger partial charge on any atom is -0.355 e. The predicted molar refractivity (Wildman–Crippen MR) is 149 cm³/mol. The smallest absolute Gasteiger partial charge is 0.256 e. The molecule has 8 nitrogen and oxygen atoms in total. The van der Waals surface area contributed by atoms with Crippen molar-refractivity contribution >= 4 is 38.2 Å². The number of rotatable bonds is 6. The number of fused-ring (bicyclic) bond motifs is 2. The Labute approximate surface area is 227 Å². The zero-order chi connectivity index (χ0) is 27.0. The highest BCUT2D eigenvalue weighted by Crippen LogP contribution is 2.38. The lowest BCUT2D eigenvalue weighted by atomic mass is 10.0. The molecular formula is C28H32N4O4S2. The number of amides is 2. The molecule has 2 amide bonds. The summed E-state index contributed by atoms with van der Waals surface area (Å²) in [6.45, 7) is 6.65. The van der Waals surface area contributed by atoms with Crippen molar-refractivity contribution in [3.8, 4) is 0 Å². The van der Waals surface area contributed by atoms with E-state index in [9.17, 15) is 18.0 Å². The van der Waals surface area contributed by atoms with Gasteiger partial charge in [0, 0.05) is 49.7 Å². The fourth-order valence-electron chi connectivity index (χ4n) is 5.09. The van der Waals surface area contributed by atoms with Crippen LogP contribution >= 0.6 is 11.3 Å². The first-order valence-electron chi connectivity index (χ1n) is 12.8. The zero-order valence-corrected chi connectivity index (χ0v) is 23.4. The summed E-state index contributed by atoms with van der Waals surface area (Å²) in [4.78, 5) is 29.5. The van der Waals surface area contributed by atoms with Gasteiger partial charge in [-0.15, -0.1) is 11.3 Å². The van der Waals surface area contributed by atoms with E-state index >= 15 is 0 Å². The standard InChI is InChI=1S/C28H32N4O4S2/c1-18(2)31-14-13-23-24(17-31)37-28(25(23)27(34)29-3)30-26(33)20-8-10-22(11-9-20)38(35,36)32-15-12-19-6-4-5-7-21(19)16-32/h4-11,18H,12-17H2,1-3H3,(H,29,34)(H,30,33). The summed E-state index contributed by atoms with van der Waals surface area (Å²) in [6, 6.07) is 14.3. The number of benzene rings is 2. The summed E-state index contributed by atoms with van der Waals surface area (Å²) in [5.74, 6) is -0.606. The van der Waals surface area contributed by atoms with Gasteiger partial charge in [0.05, 0.1) is 10.5 Å². The fourth-order valence-corrected chi connectivity index (χ4v) is 7.78. The molecule has 5 rings (SSSR count). The van der Waals surface area contributed by atoms with Crippen LogP contribution in [0.25, 0.3) is 0 Å². The van der Waals surface area contributed by atoms with Gasteiger partial charge in [-0.2, -0.15) is 4.31 Å². The summed E-state index contributed by atoms with van der Waals surface area (Å²) in [5.41, 5.74) is 4.03. The van der Waals surface area contributed by atoms with Crippen molar-refractivity contribution in [3.05, 3.63) is 81.2 Å². The molecule has 0 bridgehead atoms. The van der Waals surface area contributed by atoms with Crippen LogP contribution in [0.5, 0.6) is 0 Å². The Morgan fingerprint density at radius 1 is 0.921 bits per heavy atom. The van der Waals surface area contributed by atoms with Crippen molar-refractivity contribution in [1.82, 2.24) is 14.5 Å². The molecule has 3 aromatic rings. The van der Waals surface area contributed by atoms with Crippen LogP contribution < -0.4 is 10.6 Å². The maximum atomic E-state index is 13.3. The normalized spacial score (nSPS) is 16.1. The van der Waals surface area contributed by atoms with Crippen LogP contribution in [0.3, 0.4) is 0 Å². The Morgan fingerprint density at radius 2 is 1.63 bits per heavy atom. The van der Waals surface area contributed by atoms with Crippen LogP contribution in [0.4, 0.5) is 5.00 Å². The van der Waals surface area contributed by atoms with E-state index in [4.69, 9.17) is 0 Å². The second kappa shape index (κ2) is 10.6. The number of thiophene rings is 1. The molecule has 2 aliphatic rings. The molecule has 0 aliphatic carbocycles. The molecule has 2 aromatic carbocycles. The number of nitrogens with one attached hydrogen (secondary N) is 2. The second-order valence-electron chi connectivity index (χ2n) is 9.94. The van der Waals surface area contributed by atoms with Crippen molar-refractivity contribution in [1.29, 1.82) is 0 Å². The Balaban J connectivity index is 1.34. The van der Waals surface area contributed by atoms with Crippen LogP contribution in [-0.2, 0) is 36.0 Å². The molecule has 0 fully saturated rings. The minimum atomic E-state index is -3.70. The van der Waals surface area contributed by atoms with E-state index in [0.29, 0.717) is 41.7 Å². The molecule has 2 aliphatic heterocycles. The SMILES string of the molecule is CNC(=O)c1c(NC(=O)c2ccc(S(=O)(=O)N3CCc4ccccc4C3)cc2)sc2c1CCN(C(C)C)C2. The lowest BCUT2D eigenvalue weighted by molar-refractivity contribution is 0.0962. The van der Waals surface area contributed by atoms with E-state index in [1.807, 2.05) is 24.3 Å². The first-order valence-corrected chi connectivity index (χ1v) is 15.0. The van der Waals surface area contributed by atoms with Gasteiger partial charge in [0.25, 0.3) is 11.8 Å². The van der Waals surface area contributed by atoms with Gasteiger partial charge in [-0.3, -0.25) is 14.5 Å². The molecular weight excluding hydrogens is 520 g/mol. The Bertz CT molecular complexity index is 1480. The summed E-state index contributed by atoms with van der Waals surface area (Å²) in [5, 5.41) is 6.14. The maximum Gasteiger partial charge on any atom is 0.256 e. The largest absolute Gasteiger partial charge is 0.355 e. The predicted octanol–water partition coefficient (Wildman–Crippen LogP) is 3.87. The van der Waals surface area contributed by atoms with Crippen molar-refractivity contribution < 1.29 is 18.0 Å². The van der Waals surface area contributed by atoms with E-state index in [2.05, 4.69) is 29.4 Å². The first-order chi connectivity index (χ1) is 18.2. The third-order valence-electron chi connectivity index (χ3n) is 7.35. The number of hydrogen-bond acceptors (Lipinski definition) is 6. The molecule has 1 aromatic heterocycles. The lowest BCUT2D eigenvalue weighted by Gasteiger charge is -2.30. The van der Waals surface area contributed by atoms with Crippen molar-refractivity contribution in [2.24, 2.45) is 0 Å². The van der Waals surface area contributed by atoms with E-state index < -0.39 is 10.0 Å². The van der Waals surface area contributed by atoms with Gasteiger partial charge in [-0.1, -0.05) is 24.3 Å². The van der Waals surface area contributed by atoms with Crippen molar-refractivity contribution in [3.63, 3.8) is 0 Å². The number of carbonyl (C=O) groups excluding carboxylic acids is 2. The van der Waals surface area contributed by atoms with Crippen LogP contribution in [0.1, 0.15) is 56.1 Å². The number of hydrogen-bond donors (Lipinski definition) is 2. The quantitative estimate of drug-likeness (QED) is 0.484. The average molecular weight is 553 g/mol. The highest BCUT2D eigenvalue weighted by atomic mass is 32.2. The van der Waals surface area contributed by atoms with Gasteiger partial charge in [-0.25, -0.2) is 8.42 Å². The third kappa shape index (κ3) is 5.01. The number of anilines is 1. The summed E-state index contributed by atoms with van der Waals surface area (Å²) in [6.07, 6.45) is 1.42.